The predicted molar refractivity (Wildman–Crippen MR) is 118 cm³/mol. The van der Waals surface area contributed by atoms with Gasteiger partial charge in [0.05, 0.1) is 18.5 Å². The summed E-state index contributed by atoms with van der Waals surface area (Å²) < 4.78 is 2.01. The van der Waals surface area contributed by atoms with E-state index in [1.165, 1.54) is 0 Å². The number of aliphatic hydroxyl groups is 1. The Labute approximate surface area is 169 Å². The van der Waals surface area contributed by atoms with Crippen molar-refractivity contribution in [3.05, 3.63) is 67.1 Å². The number of nitrogens with two attached hydrogens (primary N) is 1. The largest absolute Gasteiger partial charge is 0.399 e. The molecule has 0 saturated heterocycles. The number of nitrogen functional groups attached to an aromatic ring is 1. The van der Waals surface area contributed by atoms with Gasteiger partial charge in [-0.2, -0.15) is 0 Å². The van der Waals surface area contributed by atoms with Gasteiger partial charge in [-0.15, -0.1) is 0 Å². The number of likely N-dealkylation sites (N-methyl/N-ethyl adjacent to an activating group) is 1. The van der Waals surface area contributed by atoms with Gasteiger partial charge in [-0.05, 0) is 43.3 Å². The van der Waals surface area contributed by atoms with Gasteiger partial charge in [0.1, 0.15) is 0 Å². The Balaban J connectivity index is 1.61. The van der Waals surface area contributed by atoms with E-state index in [-0.39, 0.29) is 6.61 Å². The fourth-order valence-electron chi connectivity index (χ4n) is 3.36. The molecule has 0 aliphatic heterocycles. The lowest BCUT2D eigenvalue weighted by molar-refractivity contribution is 0.302. The average molecular weight is 388 g/mol. The van der Waals surface area contributed by atoms with Gasteiger partial charge < -0.3 is 21.1 Å². The lowest BCUT2D eigenvalue weighted by Gasteiger charge is -2.22. The van der Waals surface area contributed by atoms with Gasteiger partial charge in [-0.1, -0.05) is 12.1 Å². The molecule has 0 atom stereocenters. The minimum Gasteiger partial charge on any atom is -0.399 e. The zero-order chi connectivity index (χ0) is 20.2. The molecule has 4 rings (SSSR count). The van der Waals surface area contributed by atoms with E-state index < -0.39 is 0 Å². The maximum absolute atomic E-state index is 9.20. The van der Waals surface area contributed by atoms with Crippen LogP contribution in [0.15, 0.2) is 67.1 Å². The van der Waals surface area contributed by atoms with Gasteiger partial charge in [0.25, 0.3) is 0 Å². The third-order valence-corrected chi connectivity index (χ3v) is 4.88. The minimum absolute atomic E-state index is 0.135. The van der Waals surface area contributed by atoms with Crippen LogP contribution < -0.4 is 16.0 Å². The Morgan fingerprint density at radius 3 is 2.52 bits per heavy atom. The number of hydrogen-bond donors (Lipinski definition) is 3. The van der Waals surface area contributed by atoms with Crippen molar-refractivity contribution in [2.45, 2.75) is 6.92 Å². The molecule has 4 aromatic rings. The van der Waals surface area contributed by atoms with E-state index in [0.29, 0.717) is 12.4 Å². The number of nitrogens with zero attached hydrogens (tertiary/aromatic N) is 4. The van der Waals surface area contributed by atoms with Crippen molar-refractivity contribution in [1.82, 2.24) is 14.4 Å². The van der Waals surface area contributed by atoms with Gasteiger partial charge >= 0.3 is 0 Å². The molecule has 0 bridgehead atoms. The summed E-state index contributed by atoms with van der Waals surface area (Å²) in [6.45, 7) is 3.67. The number of aliphatic hydroxyl groups excluding tert-OH is 1. The Morgan fingerprint density at radius 2 is 1.83 bits per heavy atom. The van der Waals surface area contributed by atoms with Crippen molar-refractivity contribution in [2.24, 2.45) is 0 Å². The number of fused-ring (bicyclic) bond motifs is 1. The number of benzene rings is 2. The molecule has 0 unspecified atom stereocenters. The van der Waals surface area contributed by atoms with Crippen LogP contribution in [0.2, 0.25) is 0 Å². The van der Waals surface area contributed by atoms with Gasteiger partial charge in [-0.25, -0.2) is 9.97 Å². The van der Waals surface area contributed by atoms with E-state index >= 15 is 0 Å². The van der Waals surface area contributed by atoms with Crippen LogP contribution in [0.25, 0.3) is 16.9 Å². The fraction of sp³-hybridized carbons (Fsp3) is 0.182. The number of hydrogen-bond acceptors (Lipinski definition) is 6. The average Bonchev–Trinajstić information content (AvgIpc) is 3.24. The molecular formula is C22H24N6O. The van der Waals surface area contributed by atoms with Crippen molar-refractivity contribution < 1.29 is 5.11 Å². The summed E-state index contributed by atoms with van der Waals surface area (Å²) in [7, 11) is 0. The summed E-state index contributed by atoms with van der Waals surface area (Å²) in [5.74, 6) is 0.685. The van der Waals surface area contributed by atoms with Crippen molar-refractivity contribution in [2.75, 3.05) is 35.6 Å². The highest BCUT2D eigenvalue weighted by molar-refractivity contribution is 5.75. The molecule has 4 N–H and O–H groups in total. The van der Waals surface area contributed by atoms with E-state index in [1.54, 1.807) is 6.20 Å². The second kappa shape index (κ2) is 8.20. The first-order valence-corrected chi connectivity index (χ1v) is 9.60. The van der Waals surface area contributed by atoms with E-state index in [1.807, 2.05) is 65.3 Å². The highest BCUT2D eigenvalue weighted by Gasteiger charge is 2.11. The smallest absolute Gasteiger partial charge is 0.180 e. The monoisotopic (exact) mass is 388 g/mol. The second-order valence-corrected chi connectivity index (χ2v) is 6.71. The molecule has 0 spiro atoms. The molecule has 2 heterocycles. The standard InChI is InChI=1S/C22H24N6O/c1-2-27(13-14-29)19-9-7-18(8-10-19)26-21-22-24-11-12-28(22)20(15-25-21)16-3-5-17(23)6-4-16/h3-12,15,29H,2,13-14,23H2,1H3,(H,25,26). The van der Waals surface area contributed by atoms with Crippen molar-refractivity contribution in [1.29, 1.82) is 0 Å². The molecule has 0 aliphatic rings. The predicted octanol–water partition coefficient (Wildman–Crippen LogP) is 3.54. The second-order valence-electron chi connectivity index (χ2n) is 6.71. The lowest BCUT2D eigenvalue weighted by Crippen LogP contribution is -2.25. The molecule has 0 aliphatic carbocycles. The van der Waals surface area contributed by atoms with Crippen molar-refractivity contribution >= 4 is 28.5 Å². The van der Waals surface area contributed by atoms with Crippen LogP contribution in [0.4, 0.5) is 22.9 Å². The zero-order valence-corrected chi connectivity index (χ0v) is 16.3. The quantitative estimate of drug-likeness (QED) is 0.420. The molecule has 0 amide bonds. The third kappa shape index (κ3) is 3.86. The summed E-state index contributed by atoms with van der Waals surface area (Å²) in [4.78, 5) is 11.2. The Hall–Kier alpha value is -3.58. The maximum atomic E-state index is 9.20. The molecule has 7 nitrogen and oxygen atoms in total. The highest BCUT2D eigenvalue weighted by atomic mass is 16.3. The summed E-state index contributed by atoms with van der Waals surface area (Å²) in [5, 5.41) is 12.6. The maximum Gasteiger partial charge on any atom is 0.180 e. The van der Waals surface area contributed by atoms with Crippen molar-refractivity contribution in [3.8, 4) is 11.3 Å². The first kappa shape index (κ1) is 18.8. The molecule has 2 aromatic carbocycles. The number of rotatable bonds is 7. The fourth-order valence-corrected chi connectivity index (χ4v) is 3.36. The van der Waals surface area contributed by atoms with Gasteiger partial charge in [-0.3, -0.25) is 4.40 Å². The summed E-state index contributed by atoms with van der Waals surface area (Å²) >= 11 is 0. The third-order valence-electron chi connectivity index (χ3n) is 4.88. The van der Waals surface area contributed by atoms with Crippen LogP contribution in [0.5, 0.6) is 0 Å². The summed E-state index contributed by atoms with van der Waals surface area (Å²) in [5.41, 5.74) is 11.2. The Kier molecular flexibility index (Phi) is 5.31. The summed E-state index contributed by atoms with van der Waals surface area (Å²) in [6, 6.07) is 15.8. The molecule has 148 valence electrons. The Bertz CT molecular complexity index is 1090. The first-order valence-electron chi connectivity index (χ1n) is 9.60. The zero-order valence-electron chi connectivity index (χ0n) is 16.3. The number of aromatic nitrogens is 3. The molecule has 0 radical (unpaired) electrons. The van der Waals surface area contributed by atoms with E-state index in [4.69, 9.17) is 5.73 Å². The van der Waals surface area contributed by atoms with Gasteiger partial charge in [0.15, 0.2) is 11.5 Å². The molecule has 7 heteroatoms. The number of nitrogens with one attached hydrogen (secondary N) is 1. The van der Waals surface area contributed by atoms with Crippen LogP contribution in [0, 0.1) is 0 Å². The molecule has 0 saturated carbocycles. The lowest BCUT2D eigenvalue weighted by atomic mass is 10.1. The summed E-state index contributed by atoms with van der Waals surface area (Å²) in [6.07, 6.45) is 5.52. The van der Waals surface area contributed by atoms with Crippen LogP contribution in [0.1, 0.15) is 6.92 Å². The molecule has 29 heavy (non-hydrogen) atoms. The van der Waals surface area contributed by atoms with Crippen LogP contribution >= 0.6 is 0 Å². The molecule has 0 fully saturated rings. The van der Waals surface area contributed by atoms with Crippen molar-refractivity contribution in [3.63, 3.8) is 0 Å². The molecule has 2 aromatic heterocycles. The van der Waals surface area contributed by atoms with E-state index in [0.717, 1.165) is 40.5 Å². The van der Waals surface area contributed by atoms with Gasteiger partial charge in [0, 0.05) is 48.1 Å². The van der Waals surface area contributed by atoms with Gasteiger partial charge in [0.2, 0.25) is 0 Å². The first-order chi connectivity index (χ1) is 14.2. The number of imidazole rings is 1. The van der Waals surface area contributed by atoms with Crippen LogP contribution in [-0.2, 0) is 0 Å². The van der Waals surface area contributed by atoms with Crippen LogP contribution in [-0.4, -0.2) is 39.2 Å². The normalized spacial score (nSPS) is 11.0. The Morgan fingerprint density at radius 1 is 1.07 bits per heavy atom. The minimum atomic E-state index is 0.135. The molecular weight excluding hydrogens is 364 g/mol. The highest BCUT2D eigenvalue weighted by Crippen LogP contribution is 2.26. The van der Waals surface area contributed by atoms with Crippen LogP contribution in [0.3, 0.4) is 0 Å². The van der Waals surface area contributed by atoms with E-state index in [2.05, 4.69) is 27.1 Å². The SMILES string of the molecule is CCN(CCO)c1ccc(Nc2ncc(-c3ccc(N)cc3)n3ccnc23)cc1. The van der Waals surface area contributed by atoms with E-state index in [9.17, 15) is 5.11 Å². The number of anilines is 4. The topological polar surface area (TPSA) is 91.7 Å².